The normalized spacial score (nSPS) is 20.4. The minimum atomic E-state index is -4.67. The Balaban J connectivity index is 2.04. The van der Waals surface area contributed by atoms with Crippen LogP contribution in [0.4, 0.5) is 23.7 Å². The van der Waals surface area contributed by atoms with Gasteiger partial charge in [0.1, 0.15) is 0 Å². The molecule has 0 unspecified atom stereocenters. The highest BCUT2D eigenvalue weighted by atomic mass is 19.4. The number of hydrogen-bond donors (Lipinski definition) is 2. The molecule has 138 valence electrons. The van der Waals surface area contributed by atoms with Gasteiger partial charge in [0, 0.05) is 33.4 Å². The molecule has 2 amide bonds. The molecular formula is C15H19F3N4O3. The summed E-state index contributed by atoms with van der Waals surface area (Å²) in [5.41, 5.74) is 1.32. The highest BCUT2D eigenvalue weighted by Crippen LogP contribution is 2.37. The van der Waals surface area contributed by atoms with E-state index in [0.717, 1.165) is 10.6 Å². The molecule has 1 fully saturated rings. The van der Waals surface area contributed by atoms with Crippen molar-refractivity contribution in [2.24, 2.45) is 11.8 Å². The zero-order valence-electron chi connectivity index (χ0n) is 13.7. The molecule has 1 aromatic rings. The Bertz CT molecular complexity index is 651. The predicted molar refractivity (Wildman–Crippen MR) is 83.0 cm³/mol. The fraction of sp³-hybridized carbons (Fsp3) is 0.533. The fourth-order valence-electron chi connectivity index (χ4n) is 2.80. The van der Waals surface area contributed by atoms with Crippen LogP contribution in [0, 0.1) is 11.8 Å². The lowest BCUT2D eigenvalue weighted by Crippen LogP contribution is -2.39. The topological polar surface area (TPSA) is 85.8 Å². The van der Waals surface area contributed by atoms with E-state index in [-0.39, 0.29) is 6.54 Å². The number of urea groups is 1. The van der Waals surface area contributed by atoms with Crippen molar-refractivity contribution in [3.8, 4) is 0 Å². The van der Waals surface area contributed by atoms with Crippen molar-refractivity contribution in [3.63, 3.8) is 0 Å². The lowest BCUT2D eigenvalue weighted by Gasteiger charge is -2.20. The Kier molecular flexibility index (Phi) is 5.39. The standard InChI is InChI=1S/C15H19F3N4O3/c1-21(2)12-4-3-5-19-11(12)6-20-14(25)22-7-9(13(23)24)10(8-22)15(16,17)18/h3-5,9-10H,6-8H2,1-2H3,(H,20,25)(H,23,24)/t9-,10-/m1/s1. The zero-order chi connectivity index (χ0) is 18.8. The van der Waals surface area contributed by atoms with E-state index in [1.54, 1.807) is 37.3 Å². The van der Waals surface area contributed by atoms with Gasteiger partial charge in [0.05, 0.1) is 29.8 Å². The fourth-order valence-corrected chi connectivity index (χ4v) is 2.80. The van der Waals surface area contributed by atoms with Gasteiger partial charge in [-0.25, -0.2) is 4.79 Å². The summed E-state index contributed by atoms with van der Waals surface area (Å²) in [4.78, 5) is 30.0. The number of rotatable bonds is 4. The average Bonchev–Trinajstić information content (AvgIpc) is 2.98. The van der Waals surface area contributed by atoms with Crippen LogP contribution in [0.1, 0.15) is 5.69 Å². The summed E-state index contributed by atoms with van der Waals surface area (Å²) in [7, 11) is 3.60. The third-order valence-electron chi connectivity index (χ3n) is 4.10. The molecule has 10 heteroatoms. The number of carbonyl (C=O) groups excluding carboxylic acids is 1. The highest BCUT2D eigenvalue weighted by Gasteiger charge is 2.53. The summed E-state index contributed by atoms with van der Waals surface area (Å²) in [6.45, 7) is -1.12. The van der Waals surface area contributed by atoms with Gasteiger partial charge in [0.2, 0.25) is 0 Å². The first kappa shape index (κ1) is 18.8. The Labute approximate surface area is 142 Å². The SMILES string of the molecule is CN(C)c1cccnc1CNC(=O)N1C[C@@H](C(F)(F)F)[C@H](C(=O)O)C1. The van der Waals surface area contributed by atoms with Crippen LogP contribution in [0.15, 0.2) is 18.3 Å². The van der Waals surface area contributed by atoms with Crippen molar-refractivity contribution >= 4 is 17.7 Å². The first-order valence-electron chi connectivity index (χ1n) is 7.54. The van der Waals surface area contributed by atoms with Crippen molar-refractivity contribution in [2.75, 3.05) is 32.1 Å². The van der Waals surface area contributed by atoms with Crippen molar-refractivity contribution in [1.29, 1.82) is 0 Å². The molecule has 1 aliphatic rings. The number of anilines is 1. The maximum absolute atomic E-state index is 13.0. The van der Waals surface area contributed by atoms with Crippen molar-refractivity contribution < 1.29 is 27.9 Å². The number of hydrogen-bond acceptors (Lipinski definition) is 4. The molecule has 0 spiro atoms. The van der Waals surface area contributed by atoms with E-state index < -0.39 is 43.1 Å². The van der Waals surface area contributed by atoms with Crippen molar-refractivity contribution in [1.82, 2.24) is 15.2 Å². The molecule has 7 nitrogen and oxygen atoms in total. The number of nitrogens with zero attached hydrogens (tertiary/aromatic N) is 3. The molecule has 25 heavy (non-hydrogen) atoms. The average molecular weight is 360 g/mol. The number of aromatic nitrogens is 1. The Hall–Kier alpha value is -2.52. The van der Waals surface area contributed by atoms with E-state index in [4.69, 9.17) is 5.11 Å². The summed E-state index contributed by atoms with van der Waals surface area (Å²) in [6, 6.07) is 2.78. The lowest BCUT2D eigenvalue weighted by atomic mass is 9.96. The molecule has 1 saturated heterocycles. The maximum atomic E-state index is 13.0. The molecule has 0 aromatic carbocycles. The zero-order valence-corrected chi connectivity index (χ0v) is 13.7. The quantitative estimate of drug-likeness (QED) is 0.851. The third kappa shape index (κ3) is 4.31. The molecule has 2 atom stereocenters. The van der Waals surface area contributed by atoms with E-state index in [1.807, 2.05) is 0 Å². The Morgan fingerprint density at radius 2 is 2.08 bits per heavy atom. The second-order valence-electron chi connectivity index (χ2n) is 6.02. The monoisotopic (exact) mass is 360 g/mol. The van der Waals surface area contributed by atoms with E-state index in [0.29, 0.717) is 5.69 Å². The number of halogens is 3. The van der Waals surface area contributed by atoms with Crippen molar-refractivity contribution in [3.05, 3.63) is 24.0 Å². The Morgan fingerprint density at radius 3 is 2.60 bits per heavy atom. The van der Waals surface area contributed by atoms with E-state index >= 15 is 0 Å². The number of nitrogens with one attached hydrogen (secondary N) is 1. The van der Waals surface area contributed by atoms with Gasteiger partial charge in [-0.1, -0.05) is 0 Å². The van der Waals surface area contributed by atoms with Crippen molar-refractivity contribution in [2.45, 2.75) is 12.7 Å². The van der Waals surface area contributed by atoms with Crippen LogP contribution in [-0.4, -0.2) is 60.4 Å². The van der Waals surface area contributed by atoms with Crippen LogP contribution in [0.5, 0.6) is 0 Å². The second kappa shape index (κ2) is 7.16. The number of aliphatic carboxylic acids is 1. The molecule has 2 heterocycles. The summed E-state index contributed by atoms with van der Waals surface area (Å²) in [6.07, 6.45) is -3.12. The number of amides is 2. The van der Waals surface area contributed by atoms with E-state index in [9.17, 15) is 22.8 Å². The highest BCUT2D eigenvalue weighted by molar-refractivity contribution is 5.78. The van der Waals surface area contributed by atoms with Gasteiger partial charge >= 0.3 is 18.2 Å². The molecule has 1 aliphatic heterocycles. The Morgan fingerprint density at radius 1 is 1.40 bits per heavy atom. The summed E-state index contributed by atoms with van der Waals surface area (Å²) in [5.74, 6) is -5.28. The van der Waals surface area contributed by atoms with Gasteiger partial charge in [-0.15, -0.1) is 0 Å². The summed E-state index contributed by atoms with van der Waals surface area (Å²) >= 11 is 0. The van der Waals surface area contributed by atoms with Crippen LogP contribution >= 0.6 is 0 Å². The number of likely N-dealkylation sites (tertiary alicyclic amines) is 1. The van der Waals surface area contributed by atoms with Gasteiger partial charge in [0.15, 0.2) is 0 Å². The summed E-state index contributed by atoms with van der Waals surface area (Å²) < 4.78 is 38.9. The van der Waals surface area contributed by atoms with Gasteiger partial charge in [-0.2, -0.15) is 13.2 Å². The predicted octanol–water partition coefficient (Wildman–Crippen LogP) is 1.55. The molecule has 0 radical (unpaired) electrons. The van der Waals surface area contributed by atoms with Gasteiger partial charge in [0.25, 0.3) is 0 Å². The first-order chi connectivity index (χ1) is 11.6. The second-order valence-corrected chi connectivity index (χ2v) is 6.02. The minimum Gasteiger partial charge on any atom is -0.481 e. The first-order valence-corrected chi connectivity index (χ1v) is 7.54. The van der Waals surface area contributed by atoms with Crippen LogP contribution in [0.2, 0.25) is 0 Å². The third-order valence-corrected chi connectivity index (χ3v) is 4.10. The molecular weight excluding hydrogens is 341 g/mol. The van der Waals surface area contributed by atoms with E-state index in [1.165, 1.54) is 0 Å². The number of carboxylic acid groups (broad SMARTS) is 1. The smallest absolute Gasteiger partial charge is 0.394 e. The molecule has 2 N–H and O–H groups in total. The molecule has 2 rings (SSSR count). The molecule has 1 aromatic heterocycles. The largest absolute Gasteiger partial charge is 0.481 e. The van der Waals surface area contributed by atoms with Gasteiger partial charge in [-0.05, 0) is 12.1 Å². The van der Waals surface area contributed by atoms with Gasteiger partial charge < -0.3 is 20.2 Å². The molecule has 0 aliphatic carbocycles. The number of pyridine rings is 1. The lowest BCUT2D eigenvalue weighted by molar-refractivity contribution is -0.187. The summed E-state index contributed by atoms with van der Waals surface area (Å²) in [5, 5.41) is 11.5. The number of alkyl halides is 3. The molecule has 0 bridgehead atoms. The maximum Gasteiger partial charge on any atom is 0.394 e. The number of carboxylic acids is 1. The van der Waals surface area contributed by atoms with Crippen LogP contribution in [0.3, 0.4) is 0 Å². The molecule has 0 saturated carbocycles. The number of carbonyl (C=O) groups is 2. The minimum absolute atomic E-state index is 0.0259. The van der Waals surface area contributed by atoms with Crippen LogP contribution in [-0.2, 0) is 11.3 Å². The van der Waals surface area contributed by atoms with Crippen LogP contribution < -0.4 is 10.2 Å². The van der Waals surface area contributed by atoms with Gasteiger partial charge in [-0.3, -0.25) is 9.78 Å². The van der Waals surface area contributed by atoms with Crippen LogP contribution in [0.25, 0.3) is 0 Å². The van der Waals surface area contributed by atoms with E-state index in [2.05, 4.69) is 10.3 Å².